The van der Waals surface area contributed by atoms with E-state index in [1.165, 1.54) is 0 Å². The SMILES string of the molecule is Cc1ccc(NC(=O)CCc2cnn(-c3ccccc3)c2)cc1Cl. The van der Waals surface area contributed by atoms with E-state index < -0.39 is 0 Å². The number of para-hydroxylation sites is 1. The summed E-state index contributed by atoms with van der Waals surface area (Å²) in [5.41, 5.74) is 3.73. The van der Waals surface area contributed by atoms with Crippen LogP contribution in [0.4, 0.5) is 5.69 Å². The molecule has 1 N–H and O–H groups in total. The van der Waals surface area contributed by atoms with Crippen molar-refractivity contribution in [2.45, 2.75) is 19.8 Å². The molecule has 0 aliphatic heterocycles. The molecular weight excluding hydrogens is 322 g/mol. The molecule has 1 amide bonds. The first-order valence-electron chi connectivity index (χ1n) is 7.77. The van der Waals surface area contributed by atoms with E-state index in [9.17, 15) is 4.79 Å². The number of carbonyl (C=O) groups is 1. The van der Waals surface area contributed by atoms with E-state index in [2.05, 4.69) is 10.4 Å². The zero-order valence-corrected chi connectivity index (χ0v) is 14.1. The number of nitrogens with zero attached hydrogens (tertiary/aromatic N) is 2. The van der Waals surface area contributed by atoms with Crippen LogP contribution in [0.15, 0.2) is 60.9 Å². The quantitative estimate of drug-likeness (QED) is 0.748. The van der Waals surface area contributed by atoms with Crippen molar-refractivity contribution in [2.75, 3.05) is 5.32 Å². The summed E-state index contributed by atoms with van der Waals surface area (Å²) in [6.07, 6.45) is 4.78. The van der Waals surface area contributed by atoms with Crippen LogP contribution in [0.2, 0.25) is 5.02 Å². The molecule has 0 saturated heterocycles. The molecule has 4 nitrogen and oxygen atoms in total. The van der Waals surface area contributed by atoms with E-state index in [0.29, 0.717) is 17.9 Å². The largest absolute Gasteiger partial charge is 0.326 e. The minimum atomic E-state index is -0.0395. The summed E-state index contributed by atoms with van der Waals surface area (Å²) in [5.74, 6) is -0.0395. The van der Waals surface area contributed by atoms with Crippen molar-refractivity contribution in [3.63, 3.8) is 0 Å². The second-order valence-corrected chi connectivity index (χ2v) is 6.05. The fourth-order valence-corrected chi connectivity index (χ4v) is 2.54. The Hall–Kier alpha value is -2.59. The summed E-state index contributed by atoms with van der Waals surface area (Å²) >= 11 is 6.07. The van der Waals surface area contributed by atoms with E-state index in [1.807, 2.05) is 60.3 Å². The number of hydrogen-bond donors (Lipinski definition) is 1. The number of rotatable bonds is 5. The highest BCUT2D eigenvalue weighted by Crippen LogP contribution is 2.20. The van der Waals surface area contributed by atoms with Crippen molar-refractivity contribution in [2.24, 2.45) is 0 Å². The maximum atomic E-state index is 12.1. The van der Waals surface area contributed by atoms with Crippen LogP contribution in [-0.4, -0.2) is 15.7 Å². The Labute approximate surface area is 146 Å². The Morgan fingerprint density at radius 1 is 1.21 bits per heavy atom. The van der Waals surface area contributed by atoms with Crippen molar-refractivity contribution < 1.29 is 4.79 Å². The summed E-state index contributed by atoms with van der Waals surface area (Å²) in [7, 11) is 0. The molecule has 1 aromatic heterocycles. The van der Waals surface area contributed by atoms with E-state index in [1.54, 1.807) is 12.3 Å². The number of carbonyl (C=O) groups excluding carboxylic acids is 1. The Kier molecular flexibility index (Phi) is 4.96. The predicted molar refractivity (Wildman–Crippen MR) is 96.7 cm³/mol. The Morgan fingerprint density at radius 3 is 2.75 bits per heavy atom. The van der Waals surface area contributed by atoms with Crippen LogP contribution in [0.5, 0.6) is 0 Å². The number of halogens is 1. The predicted octanol–water partition coefficient (Wildman–Crippen LogP) is 4.41. The van der Waals surface area contributed by atoms with Gasteiger partial charge in [0.2, 0.25) is 5.91 Å². The topological polar surface area (TPSA) is 46.9 Å². The van der Waals surface area contributed by atoms with E-state index >= 15 is 0 Å². The van der Waals surface area contributed by atoms with Gasteiger partial charge >= 0.3 is 0 Å². The number of amides is 1. The maximum Gasteiger partial charge on any atom is 0.224 e. The van der Waals surface area contributed by atoms with Crippen molar-refractivity contribution in [3.05, 3.63) is 77.1 Å². The molecule has 0 spiro atoms. The summed E-state index contributed by atoms with van der Waals surface area (Å²) < 4.78 is 1.81. The van der Waals surface area contributed by atoms with Crippen molar-refractivity contribution in [3.8, 4) is 5.69 Å². The number of anilines is 1. The molecule has 24 heavy (non-hydrogen) atoms. The second kappa shape index (κ2) is 7.32. The Bertz CT molecular complexity index is 843. The molecule has 2 aromatic carbocycles. The molecule has 3 rings (SSSR count). The summed E-state index contributed by atoms with van der Waals surface area (Å²) in [5, 5.41) is 7.86. The molecule has 0 atom stereocenters. The van der Waals surface area contributed by atoms with Crippen LogP contribution in [0.25, 0.3) is 5.69 Å². The minimum absolute atomic E-state index is 0.0395. The lowest BCUT2D eigenvalue weighted by Gasteiger charge is -2.06. The smallest absolute Gasteiger partial charge is 0.224 e. The molecular formula is C19H18ClN3O. The highest BCUT2D eigenvalue weighted by molar-refractivity contribution is 6.31. The van der Waals surface area contributed by atoms with Crippen molar-refractivity contribution in [1.82, 2.24) is 9.78 Å². The van der Waals surface area contributed by atoms with Gasteiger partial charge in [0.25, 0.3) is 0 Å². The number of nitrogens with one attached hydrogen (secondary N) is 1. The number of hydrogen-bond acceptors (Lipinski definition) is 2. The maximum absolute atomic E-state index is 12.1. The van der Waals surface area contributed by atoms with Gasteiger partial charge in [0.15, 0.2) is 0 Å². The summed E-state index contributed by atoms with van der Waals surface area (Å²) in [6, 6.07) is 15.4. The molecule has 122 valence electrons. The summed E-state index contributed by atoms with van der Waals surface area (Å²) in [6.45, 7) is 1.93. The van der Waals surface area contributed by atoms with Gasteiger partial charge in [-0.3, -0.25) is 4.79 Å². The molecule has 5 heteroatoms. The van der Waals surface area contributed by atoms with Crippen molar-refractivity contribution in [1.29, 1.82) is 0 Å². The highest BCUT2D eigenvalue weighted by Gasteiger charge is 2.07. The molecule has 0 aliphatic carbocycles. The van der Waals surface area contributed by atoms with Gasteiger partial charge in [0.1, 0.15) is 0 Å². The van der Waals surface area contributed by atoms with E-state index in [-0.39, 0.29) is 5.91 Å². The van der Waals surface area contributed by atoms with Gasteiger partial charge in [-0.15, -0.1) is 0 Å². The lowest BCUT2D eigenvalue weighted by atomic mass is 10.2. The molecule has 0 saturated carbocycles. The average molecular weight is 340 g/mol. The monoisotopic (exact) mass is 339 g/mol. The number of aryl methyl sites for hydroxylation is 2. The normalized spacial score (nSPS) is 10.6. The molecule has 0 radical (unpaired) electrons. The first-order valence-corrected chi connectivity index (χ1v) is 8.14. The molecule has 1 heterocycles. The fourth-order valence-electron chi connectivity index (χ4n) is 2.36. The molecule has 0 fully saturated rings. The summed E-state index contributed by atoms with van der Waals surface area (Å²) in [4.78, 5) is 12.1. The third-order valence-corrected chi connectivity index (χ3v) is 4.16. The van der Waals surface area contributed by atoms with E-state index in [4.69, 9.17) is 11.6 Å². The zero-order valence-electron chi connectivity index (χ0n) is 13.4. The van der Waals surface area contributed by atoms with Gasteiger partial charge in [0, 0.05) is 23.3 Å². The van der Waals surface area contributed by atoms with Crippen LogP contribution in [0, 0.1) is 6.92 Å². The van der Waals surface area contributed by atoms with Crippen LogP contribution >= 0.6 is 11.6 Å². The third-order valence-electron chi connectivity index (χ3n) is 3.75. The fraction of sp³-hybridized carbons (Fsp3) is 0.158. The number of benzene rings is 2. The van der Waals surface area contributed by atoms with Crippen LogP contribution in [0.1, 0.15) is 17.5 Å². The molecule has 3 aromatic rings. The molecule has 0 unspecified atom stereocenters. The average Bonchev–Trinajstić information content (AvgIpc) is 3.06. The van der Waals surface area contributed by atoms with Gasteiger partial charge in [-0.2, -0.15) is 5.10 Å². The molecule has 0 bridgehead atoms. The lowest BCUT2D eigenvalue weighted by molar-refractivity contribution is -0.116. The van der Waals surface area contributed by atoms with Gasteiger partial charge in [0.05, 0.1) is 11.9 Å². The first-order chi connectivity index (χ1) is 11.6. The van der Waals surface area contributed by atoms with Gasteiger partial charge in [-0.1, -0.05) is 35.9 Å². The Balaban J connectivity index is 1.56. The standard InChI is InChI=1S/C19H18ClN3O/c1-14-7-9-16(11-18(14)20)22-19(24)10-8-15-12-21-23(13-15)17-5-3-2-4-6-17/h2-7,9,11-13H,8,10H2,1H3,(H,22,24). The van der Waals surface area contributed by atoms with E-state index in [0.717, 1.165) is 22.5 Å². The lowest BCUT2D eigenvalue weighted by Crippen LogP contribution is -2.12. The van der Waals surface area contributed by atoms with Gasteiger partial charge in [-0.05, 0) is 48.7 Å². The van der Waals surface area contributed by atoms with Gasteiger partial charge < -0.3 is 5.32 Å². The third kappa shape index (κ3) is 4.03. The minimum Gasteiger partial charge on any atom is -0.326 e. The highest BCUT2D eigenvalue weighted by atomic mass is 35.5. The molecule has 0 aliphatic rings. The second-order valence-electron chi connectivity index (χ2n) is 5.64. The van der Waals surface area contributed by atoms with Crippen LogP contribution < -0.4 is 5.32 Å². The van der Waals surface area contributed by atoms with Crippen LogP contribution in [0.3, 0.4) is 0 Å². The number of aromatic nitrogens is 2. The van der Waals surface area contributed by atoms with Gasteiger partial charge in [-0.25, -0.2) is 4.68 Å². The van der Waals surface area contributed by atoms with Crippen LogP contribution in [-0.2, 0) is 11.2 Å². The zero-order chi connectivity index (χ0) is 16.9. The Morgan fingerprint density at radius 2 is 2.00 bits per heavy atom. The first kappa shape index (κ1) is 16.3. The van der Waals surface area contributed by atoms with Crippen molar-refractivity contribution >= 4 is 23.2 Å².